The zero-order valence-corrected chi connectivity index (χ0v) is 19.6. The van der Waals surface area contributed by atoms with E-state index in [0.717, 1.165) is 11.6 Å². The van der Waals surface area contributed by atoms with Crippen LogP contribution in [0.4, 0.5) is 17.1 Å². The number of phenols is 1. The highest BCUT2D eigenvalue weighted by Gasteiger charge is 2.25. The Morgan fingerprint density at radius 3 is 2.06 bits per heavy atom. The number of azo groups is 1. The summed E-state index contributed by atoms with van der Waals surface area (Å²) in [6, 6.07) is 7.54. The van der Waals surface area contributed by atoms with E-state index in [1.807, 2.05) is 47.6 Å². The van der Waals surface area contributed by atoms with E-state index in [1.165, 1.54) is 19.1 Å². The molecule has 168 valence electrons. The van der Waals surface area contributed by atoms with Crippen LogP contribution in [0.1, 0.15) is 59.6 Å². The van der Waals surface area contributed by atoms with Gasteiger partial charge in [0.2, 0.25) is 5.91 Å². The summed E-state index contributed by atoms with van der Waals surface area (Å²) in [6.07, 6.45) is 0. The maximum absolute atomic E-state index is 11.7. The molecule has 2 aromatic rings. The fourth-order valence-electron chi connectivity index (χ4n) is 2.89. The molecule has 0 atom stereocenters. The molecule has 9 heteroatoms. The highest BCUT2D eigenvalue weighted by molar-refractivity contribution is 7.86. The lowest BCUT2D eigenvalue weighted by Gasteiger charge is -2.26. The Morgan fingerprint density at radius 1 is 0.968 bits per heavy atom. The Balaban J connectivity index is 2.60. The first-order chi connectivity index (χ1) is 14.0. The molecule has 0 bridgehead atoms. The van der Waals surface area contributed by atoms with E-state index < -0.39 is 20.9 Å². The van der Waals surface area contributed by atoms with Crippen molar-refractivity contribution in [1.29, 1.82) is 0 Å². The van der Waals surface area contributed by atoms with Gasteiger partial charge in [-0.05, 0) is 40.7 Å². The van der Waals surface area contributed by atoms with Crippen LogP contribution in [0.15, 0.2) is 45.5 Å². The topological polar surface area (TPSA) is 128 Å². The molecule has 0 aliphatic heterocycles. The Hall–Kier alpha value is -2.78. The normalized spacial score (nSPS) is 12.9. The summed E-state index contributed by atoms with van der Waals surface area (Å²) >= 11 is 0. The van der Waals surface area contributed by atoms with Crippen molar-refractivity contribution in [3.05, 3.63) is 41.5 Å². The van der Waals surface area contributed by atoms with Gasteiger partial charge in [-0.3, -0.25) is 9.35 Å². The molecule has 0 radical (unpaired) electrons. The number of carbonyl (C=O) groups is 1. The van der Waals surface area contributed by atoms with Crippen LogP contribution in [-0.2, 0) is 25.7 Å². The van der Waals surface area contributed by atoms with Gasteiger partial charge < -0.3 is 10.4 Å². The van der Waals surface area contributed by atoms with Crippen molar-refractivity contribution in [2.75, 3.05) is 5.32 Å². The molecule has 0 aromatic heterocycles. The second-order valence-corrected chi connectivity index (χ2v) is 10.8. The maximum Gasteiger partial charge on any atom is 0.296 e. The van der Waals surface area contributed by atoms with E-state index in [-0.39, 0.29) is 33.6 Å². The molecule has 0 spiro atoms. The lowest BCUT2D eigenvalue weighted by Crippen LogP contribution is -2.16. The standard InChI is InChI=1S/C22H29N3O5S/c1-13(26)23-17-9-8-15(12-19(17)31(28,29)30)24-25-18-11-14(21(2,3)4)10-16(20(18)27)22(5,6)7/h8-12,27H,1-7H3,(H,23,26)(H,28,29,30). The minimum Gasteiger partial charge on any atom is -0.505 e. The van der Waals surface area contributed by atoms with E-state index in [9.17, 15) is 22.9 Å². The van der Waals surface area contributed by atoms with Gasteiger partial charge in [0.05, 0.1) is 11.4 Å². The van der Waals surface area contributed by atoms with Crippen molar-refractivity contribution in [2.24, 2.45) is 10.2 Å². The van der Waals surface area contributed by atoms with E-state index in [2.05, 4.69) is 15.5 Å². The molecule has 0 saturated heterocycles. The molecule has 0 saturated carbocycles. The quantitative estimate of drug-likeness (QED) is 0.414. The summed E-state index contributed by atoms with van der Waals surface area (Å²) < 4.78 is 32.9. The highest BCUT2D eigenvalue weighted by Crippen LogP contribution is 2.42. The van der Waals surface area contributed by atoms with Gasteiger partial charge >= 0.3 is 0 Å². The molecule has 0 aliphatic carbocycles. The molecule has 0 unspecified atom stereocenters. The Bertz CT molecular complexity index is 1140. The van der Waals surface area contributed by atoms with Gasteiger partial charge in [-0.25, -0.2) is 0 Å². The maximum atomic E-state index is 11.7. The van der Waals surface area contributed by atoms with Crippen LogP contribution in [0.3, 0.4) is 0 Å². The third-order valence-corrected chi connectivity index (χ3v) is 5.48. The van der Waals surface area contributed by atoms with Crippen molar-refractivity contribution in [1.82, 2.24) is 0 Å². The molecule has 0 heterocycles. The minimum absolute atomic E-state index is 0.00544. The molecular formula is C22H29N3O5S. The number of hydrogen-bond donors (Lipinski definition) is 3. The van der Waals surface area contributed by atoms with Crippen LogP contribution in [0.5, 0.6) is 5.75 Å². The van der Waals surface area contributed by atoms with Crippen LogP contribution in [0.25, 0.3) is 0 Å². The molecule has 2 rings (SSSR count). The summed E-state index contributed by atoms with van der Waals surface area (Å²) in [4.78, 5) is 10.8. The Morgan fingerprint density at radius 2 is 1.58 bits per heavy atom. The number of rotatable bonds is 4. The van der Waals surface area contributed by atoms with Crippen molar-refractivity contribution >= 4 is 33.1 Å². The first-order valence-electron chi connectivity index (χ1n) is 9.69. The molecule has 0 aliphatic rings. The number of benzene rings is 2. The largest absolute Gasteiger partial charge is 0.505 e. The lowest BCUT2D eigenvalue weighted by molar-refractivity contribution is -0.114. The first kappa shape index (κ1) is 24.5. The summed E-state index contributed by atoms with van der Waals surface area (Å²) in [6.45, 7) is 13.3. The third-order valence-electron chi connectivity index (χ3n) is 4.59. The van der Waals surface area contributed by atoms with Gasteiger partial charge in [-0.2, -0.15) is 13.5 Å². The zero-order valence-electron chi connectivity index (χ0n) is 18.8. The number of phenolic OH excluding ortho intramolecular Hbond substituents is 1. The third kappa shape index (κ3) is 6.11. The molecule has 3 N–H and O–H groups in total. The van der Waals surface area contributed by atoms with Crippen LogP contribution in [-0.4, -0.2) is 24.0 Å². The van der Waals surface area contributed by atoms with E-state index >= 15 is 0 Å². The molecule has 1 amide bonds. The minimum atomic E-state index is -4.61. The van der Waals surface area contributed by atoms with Gasteiger partial charge in [-0.15, -0.1) is 5.11 Å². The van der Waals surface area contributed by atoms with Gasteiger partial charge in [-0.1, -0.05) is 47.6 Å². The fourth-order valence-corrected chi connectivity index (χ4v) is 3.56. The molecule has 8 nitrogen and oxygen atoms in total. The summed E-state index contributed by atoms with van der Waals surface area (Å²) in [5.41, 5.74) is 1.44. The lowest BCUT2D eigenvalue weighted by atomic mass is 9.80. The molecule has 31 heavy (non-hydrogen) atoms. The van der Waals surface area contributed by atoms with Crippen molar-refractivity contribution in [3.63, 3.8) is 0 Å². The molecule has 2 aromatic carbocycles. The number of aromatic hydroxyl groups is 1. The van der Waals surface area contributed by atoms with Crippen LogP contribution >= 0.6 is 0 Å². The van der Waals surface area contributed by atoms with Crippen LogP contribution in [0, 0.1) is 0 Å². The summed E-state index contributed by atoms with van der Waals surface area (Å²) in [7, 11) is -4.61. The monoisotopic (exact) mass is 447 g/mol. The van der Waals surface area contributed by atoms with Gasteiger partial charge in [0.15, 0.2) is 0 Å². The van der Waals surface area contributed by atoms with Crippen molar-refractivity contribution in [2.45, 2.75) is 64.2 Å². The van der Waals surface area contributed by atoms with E-state index in [1.54, 1.807) is 6.07 Å². The second-order valence-electron chi connectivity index (χ2n) is 9.43. The average molecular weight is 448 g/mol. The SMILES string of the molecule is CC(=O)Nc1ccc(N=Nc2cc(C(C)(C)C)cc(C(C)(C)C)c2O)cc1S(=O)(=O)O. The van der Waals surface area contributed by atoms with Crippen molar-refractivity contribution < 1.29 is 22.9 Å². The zero-order chi connectivity index (χ0) is 23.8. The Labute approximate surface area is 183 Å². The van der Waals surface area contributed by atoms with Gasteiger partial charge in [0.25, 0.3) is 10.1 Å². The van der Waals surface area contributed by atoms with Gasteiger partial charge in [0, 0.05) is 12.5 Å². The number of hydrogen-bond acceptors (Lipinski definition) is 6. The number of amides is 1. The van der Waals surface area contributed by atoms with E-state index in [4.69, 9.17) is 0 Å². The predicted octanol–water partition coefficient (Wildman–Crippen LogP) is 5.61. The highest BCUT2D eigenvalue weighted by atomic mass is 32.2. The summed E-state index contributed by atoms with van der Waals surface area (Å²) in [5.74, 6) is -0.493. The number of nitrogens with zero attached hydrogens (tertiary/aromatic N) is 2. The molecular weight excluding hydrogens is 418 g/mol. The fraction of sp³-hybridized carbons (Fsp3) is 0.409. The summed E-state index contributed by atoms with van der Waals surface area (Å²) in [5, 5.41) is 21.3. The van der Waals surface area contributed by atoms with E-state index in [0.29, 0.717) is 5.56 Å². The molecule has 0 fully saturated rings. The number of carbonyl (C=O) groups excluding carboxylic acids is 1. The average Bonchev–Trinajstić information content (AvgIpc) is 2.58. The predicted molar refractivity (Wildman–Crippen MR) is 120 cm³/mol. The first-order valence-corrected chi connectivity index (χ1v) is 11.1. The van der Waals surface area contributed by atoms with Gasteiger partial charge in [0.1, 0.15) is 16.3 Å². The number of anilines is 1. The van der Waals surface area contributed by atoms with Crippen molar-refractivity contribution in [3.8, 4) is 5.75 Å². The number of nitrogens with one attached hydrogen (secondary N) is 1. The Kier molecular flexibility index (Phi) is 6.63. The van der Waals surface area contributed by atoms with Crippen LogP contribution in [0.2, 0.25) is 0 Å². The smallest absolute Gasteiger partial charge is 0.296 e. The second kappa shape index (κ2) is 8.39. The van der Waals surface area contributed by atoms with Crippen LogP contribution < -0.4 is 5.32 Å².